The van der Waals surface area contributed by atoms with Crippen LogP contribution in [-0.4, -0.2) is 0 Å². The zero-order valence-corrected chi connectivity index (χ0v) is 10.8. The van der Waals surface area contributed by atoms with Crippen molar-refractivity contribution in [1.29, 1.82) is 0 Å². The van der Waals surface area contributed by atoms with Gasteiger partial charge in [-0.15, -0.1) is 11.8 Å². The Morgan fingerprint density at radius 1 is 1.06 bits per heavy atom. The molecule has 1 unspecified atom stereocenters. The van der Waals surface area contributed by atoms with Crippen molar-refractivity contribution < 1.29 is 0 Å². The third-order valence-electron chi connectivity index (χ3n) is 3.33. The van der Waals surface area contributed by atoms with Crippen LogP contribution in [0.4, 0.5) is 0 Å². The normalized spacial score (nSPS) is 18.8. The Hall–Kier alpha value is -1.21. The van der Waals surface area contributed by atoms with Crippen LogP contribution < -0.4 is 0 Å². The monoisotopic (exact) mass is 240 g/mol. The van der Waals surface area contributed by atoms with E-state index in [-0.39, 0.29) is 0 Å². The van der Waals surface area contributed by atoms with Crippen molar-refractivity contribution in [1.82, 2.24) is 0 Å². The van der Waals surface area contributed by atoms with Gasteiger partial charge in [-0.05, 0) is 37.0 Å². The highest BCUT2D eigenvalue weighted by molar-refractivity contribution is 7.99. The standard InChI is InChI=1S/C16H16S/c1-12-7-9-16-14(11-12)8-10-15(17-16)13-5-3-2-4-6-13/h2-7,9,11,15H,8,10H2,1H3. The highest BCUT2D eigenvalue weighted by Gasteiger charge is 2.20. The van der Waals surface area contributed by atoms with E-state index in [1.54, 1.807) is 0 Å². The summed E-state index contributed by atoms with van der Waals surface area (Å²) >= 11 is 2.02. The van der Waals surface area contributed by atoms with Gasteiger partial charge in [0.1, 0.15) is 0 Å². The Morgan fingerprint density at radius 2 is 1.88 bits per heavy atom. The summed E-state index contributed by atoms with van der Waals surface area (Å²) in [4.78, 5) is 1.47. The van der Waals surface area contributed by atoms with Gasteiger partial charge in [-0.3, -0.25) is 0 Å². The van der Waals surface area contributed by atoms with E-state index in [1.165, 1.54) is 34.4 Å². The van der Waals surface area contributed by atoms with Crippen LogP contribution in [0.1, 0.15) is 28.4 Å². The molecule has 0 amide bonds. The van der Waals surface area contributed by atoms with Crippen LogP contribution in [-0.2, 0) is 6.42 Å². The third-order valence-corrected chi connectivity index (χ3v) is 4.78. The van der Waals surface area contributed by atoms with Crippen LogP contribution in [0, 0.1) is 6.92 Å². The number of benzene rings is 2. The third kappa shape index (κ3) is 2.25. The molecule has 2 aromatic rings. The molecule has 1 aliphatic rings. The van der Waals surface area contributed by atoms with E-state index in [2.05, 4.69) is 55.5 Å². The number of aryl methyl sites for hydroxylation is 2. The second-order valence-corrected chi connectivity index (χ2v) is 5.91. The van der Waals surface area contributed by atoms with E-state index in [1.807, 2.05) is 11.8 Å². The first-order valence-corrected chi connectivity index (χ1v) is 7.02. The summed E-state index contributed by atoms with van der Waals surface area (Å²) in [5.74, 6) is 0. The summed E-state index contributed by atoms with van der Waals surface area (Å²) in [5, 5.41) is 0.631. The van der Waals surface area contributed by atoms with Gasteiger partial charge >= 0.3 is 0 Å². The molecule has 17 heavy (non-hydrogen) atoms. The summed E-state index contributed by atoms with van der Waals surface area (Å²) < 4.78 is 0. The molecule has 3 rings (SSSR count). The summed E-state index contributed by atoms with van der Waals surface area (Å²) in [6.07, 6.45) is 2.47. The van der Waals surface area contributed by atoms with Crippen molar-refractivity contribution in [2.45, 2.75) is 29.9 Å². The molecule has 1 atom stereocenters. The van der Waals surface area contributed by atoms with Gasteiger partial charge in [-0.25, -0.2) is 0 Å². The van der Waals surface area contributed by atoms with Gasteiger partial charge in [0.25, 0.3) is 0 Å². The summed E-state index contributed by atoms with van der Waals surface area (Å²) in [7, 11) is 0. The van der Waals surface area contributed by atoms with Gasteiger partial charge in [0.15, 0.2) is 0 Å². The molecule has 2 aromatic carbocycles. The second kappa shape index (κ2) is 4.58. The lowest BCUT2D eigenvalue weighted by atomic mass is 10.0. The van der Waals surface area contributed by atoms with Crippen molar-refractivity contribution in [3.63, 3.8) is 0 Å². The van der Waals surface area contributed by atoms with E-state index in [0.717, 1.165) is 0 Å². The predicted molar refractivity (Wildman–Crippen MR) is 74.5 cm³/mol. The zero-order valence-electron chi connectivity index (χ0n) is 10.0. The Labute approximate surface area is 107 Å². The smallest absolute Gasteiger partial charge is 0.0347 e. The molecule has 1 heteroatoms. The van der Waals surface area contributed by atoms with Crippen LogP contribution in [0.25, 0.3) is 0 Å². The molecule has 0 saturated heterocycles. The van der Waals surface area contributed by atoms with Crippen LogP contribution >= 0.6 is 11.8 Å². The molecule has 0 spiro atoms. The first-order valence-electron chi connectivity index (χ1n) is 6.14. The number of rotatable bonds is 1. The molecular weight excluding hydrogens is 224 g/mol. The lowest BCUT2D eigenvalue weighted by Crippen LogP contribution is -2.04. The quantitative estimate of drug-likeness (QED) is 0.691. The minimum absolute atomic E-state index is 0.631. The Balaban J connectivity index is 1.88. The maximum absolute atomic E-state index is 2.34. The van der Waals surface area contributed by atoms with Crippen LogP contribution in [0.3, 0.4) is 0 Å². The minimum atomic E-state index is 0.631. The summed E-state index contributed by atoms with van der Waals surface area (Å²) in [5.41, 5.74) is 4.37. The largest absolute Gasteiger partial charge is 0.118 e. The minimum Gasteiger partial charge on any atom is -0.118 e. The molecule has 0 nitrogen and oxygen atoms in total. The molecule has 0 bridgehead atoms. The molecule has 0 aromatic heterocycles. The predicted octanol–water partition coefficient (Wildman–Crippen LogP) is 4.77. The highest BCUT2D eigenvalue weighted by Crippen LogP contribution is 2.44. The SMILES string of the molecule is Cc1ccc2c(c1)CCC(c1ccccc1)S2. The topological polar surface area (TPSA) is 0 Å². The molecule has 0 radical (unpaired) electrons. The van der Waals surface area contributed by atoms with Crippen LogP contribution in [0.5, 0.6) is 0 Å². The number of fused-ring (bicyclic) bond motifs is 1. The van der Waals surface area contributed by atoms with Crippen molar-refractivity contribution in [2.75, 3.05) is 0 Å². The van der Waals surface area contributed by atoms with Crippen molar-refractivity contribution in [3.05, 3.63) is 65.2 Å². The van der Waals surface area contributed by atoms with Gasteiger partial charge in [0.2, 0.25) is 0 Å². The fourth-order valence-corrected chi connectivity index (χ4v) is 3.71. The number of hydrogen-bond acceptors (Lipinski definition) is 1. The number of thioether (sulfide) groups is 1. The average Bonchev–Trinajstić information content (AvgIpc) is 2.39. The lowest BCUT2D eigenvalue weighted by molar-refractivity contribution is 0.771. The van der Waals surface area contributed by atoms with Crippen molar-refractivity contribution >= 4 is 11.8 Å². The van der Waals surface area contributed by atoms with E-state index in [9.17, 15) is 0 Å². The summed E-state index contributed by atoms with van der Waals surface area (Å²) in [6, 6.07) is 17.7. The van der Waals surface area contributed by atoms with Crippen LogP contribution in [0.2, 0.25) is 0 Å². The van der Waals surface area contributed by atoms with E-state index >= 15 is 0 Å². The van der Waals surface area contributed by atoms with Gasteiger partial charge in [-0.2, -0.15) is 0 Å². The van der Waals surface area contributed by atoms with E-state index in [0.29, 0.717) is 5.25 Å². The fourth-order valence-electron chi connectivity index (χ4n) is 2.42. The second-order valence-electron chi connectivity index (χ2n) is 4.67. The van der Waals surface area contributed by atoms with Gasteiger partial charge in [0, 0.05) is 10.1 Å². The Morgan fingerprint density at radius 3 is 2.71 bits per heavy atom. The zero-order chi connectivity index (χ0) is 11.7. The maximum Gasteiger partial charge on any atom is 0.0347 e. The summed E-state index contributed by atoms with van der Waals surface area (Å²) in [6.45, 7) is 2.17. The first-order chi connectivity index (χ1) is 8.33. The molecule has 86 valence electrons. The van der Waals surface area contributed by atoms with Gasteiger partial charge in [-0.1, -0.05) is 48.0 Å². The van der Waals surface area contributed by atoms with E-state index < -0.39 is 0 Å². The molecule has 0 fully saturated rings. The maximum atomic E-state index is 2.34. The fraction of sp³-hybridized carbons (Fsp3) is 0.250. The van der Waals surface area contributed by atoms with Crippen molar-refractivity contribution in [2.24, 2.45) is 0 Å². The Kier molecular flexibility index (Phi) is 2.94. The molecule has 1 aliphatic heterocycles. The molecule has 0 aliphatic carbocycles. The number of hydrogen-bond donors (Lipinski definition) is 0. The highest BCUT2D eigenvalue weighted by atomic mass is 32.2. The van der Waals surface area contributed by atoms with Gasteiger partial charge < -0.3 is 0 Å². The van der Waals surface area contributed by atoms with Crippen LogP contribution in [0.15, 0.2) is 53.4 Å². The average molecular weight is 240 g/mol. The Bertz CT molecular complexity index is 516. The van der Waals surface area contributed by atoms with E-state index in [4.69, 9.17) is 0 Å². The van der Waals surface area contributed by atoms with Crippen molar-refractivity contribution in [3.8, 4) is 0 Å². The first kappa shape index (κ1) is 10.9. The van der Waals surface area contributed by atoms with Gasteiger partial charge in [0.05, 0.1) is 0 Å². The lowest BCUT2D eigenvalue weighted by Gasteiger charge is -2.24. The molecule has 0 saturated carbocycles. The molecule has 1 heterocycles. The molecule has 0 N–H and O–H groups in total. The molecular formula is C16H16S.